The molecule has 1 aliphatic rings. The van der Waals surface area contributed by atoms with Crippen LogP contribution in [0.15, 0.2) is 23.1 Å². The van der Waals surface area contributed by atoms with Crippen LogP contribution in [0.2, 0.25) is 0 Å². The summed E-state index contributed by atoms with van der Waals surface area (Å²) in [6.07, 6.45) is 1.55. The quantitative estimate of drug-likeness (QED) is 0.845. The minimum absolute atomic E-state index is 0.137. The van der Waals surface area contributed by atoms with Gasteiger partial charge in [-0.3, -0.25) is 14.8 Å². The van der Waals surface area contributed by atoms with Gasteiger partial charge in [0.15, 0.2) is 0 Å². The third kappa shape index (κ3) is 2.94. The number of aryl methyl sites for hydroxylation is 1. The van der Waals surface area contributed by atoms with Crippen molar-refractivity contribution in [3.05, 3.63) is 45.9 Å². The van der Waals surface area contributed by atoms with Crippen LogP contribution in [0.3, 0.4) is 0 Å². The molecular formula is C13H17N5O2. The average molecular weight is 275 g/mol. The van der Waals surface area contributed by atoms with Crippen molar-refractivity contribution < 1.29 is 4.74 Å². The van der Waals surface area contributed by atoms with E-state index in [2.05, 4.69) is 25.1 Å². The number of rotatable bonds is 3. The summed E-state index contributed by atoms with van der Waals surface area (Å²) in [4.78, 5) is 20.9. The monoisotopic (exact) mass is 275 g/mol. The molecule has 2 aromatic heterocycles. The highest BCUT2D eigenvalue weighted by Crippen LogP contribution is 2.19. The van der Waals surface area contributed by atoms with Crippen LogP contribution in [-0.2, 0) is 11.3 Å². The standard InChI is InChI=1S/C13H17N5O2/c1-9-6-12(19)16-13(15-9)11-8-18(4-5-20-11)7-10-2-3-14-17-10/h2-3,6,11H,4-5,7-8H2,1H3,(H,14,17)(H,15,16,19)/t11-/m0/s1. The number of nitrogens with zero attached hydrogens (tertiary/aromatic N) is 3. The Morgan fingerprint density at radius 3 is 3.20 bits per heavy atom. The Morgan fingerprint density at radius 1 is 1.55 bits per heavy atom. The molecule has 0 aliphatic carbocycles. The fourth-order valence-electron chi connectivity index (χ4n) is 2.38. The lowest BCUT2D eigenvalue weighted by Gasteiger charge is -2.31. The maximum atomic E-state index is 11.5. The molecule has 0 spiro atoms. The third-order valence-electron chi connectivity index (χ3n) is 3.30. The molecule has 1 aliphatic heterocycles. The van der Waals surface area contributed by atoms with Crippen molar-refractivity contribution in [2.24, 2.45) is 0 Å². The van der Waals surface area contributed by atoms with Crippen molar-refractivity contribution in [3.8, 4) is 0 Å². The van der Waals surface area contributed by atoms with Crippen LogP contribution in [0.4, 0.5) is 0 Å². The molecule has 0 bridgehead atoms. The molecule has 0 unspecified atom stereocenters. The lowest BCUT2D eigenvalue weighted by atomic mass is 10.2. The van der Waals surface area contributed by atoms with Crippen molar-refractivity contribution in [2.75, 3.05) is 19.7 Å². The van der Waals surface area contributed by atoms with Gasteiger partial charge in [-0.2, -0.15) is 5.10 Å². The van der Waals surface area contributed by atoms with Crippen LogP contribution in [0.25, 0.3) is 0 Å². The largest absolute Gasteiger partial charge is 0.368 e. The van der Waals surface area contributed by atoms with Crippen molar-refractivity contribution in [2.45, 2.75) is 19.6 Å². The number of aromatic amines is 2. The molecule has 3 rings (SSSR count). The zero-order valence-electron chi connectivity index (χ0n) is 11.3. The summed E-state index contributed by atoms with van der Waals surface area (Å²) < 4.78 is 5.72. The van der Waals surface area contributed by atoms with E-state index in [0.717, 1.165) is 18.8 Å². The van der Waals surface area contributed by atoms with Crippen molar-refractivity contribution in [1.29, 1.82) is 0 Å². The van der Waals surface area contributed by atoms with E-state index in [-0.39, 0.29) is 11.7 Å². The summed E-state index contributed by atoms with van der Waals surface area (Å²) in [5.41, 5.74) is 1.64. The summed E-state index contributed by atoms with van der Waals surface area (Å²) >= 11 is 0. The first-order valence-electron chi connectivity index (χ1n) is 6.61. The number of H-pyrrole nitrogens is 2. The highest BCUT2D eigenvalue weighted by Gasteiger charge is 2.24. The second-order valence-corrected chi connectivity index (χ2v) is 4.95. The fourth-order valence-corrected chi connectivity index (χ4v) is 2.38. The van der Waals surface area contributed by atoms with Gasteiger partial charge in [-0.15, -0.1) is 0 Å². The lowest BCUT2D eigenvalue weighted by Crippen LogP contribution is -2.39. The Hall–Kier alpha value is -1.99. The van der Waals surface area contributed by atoms with Crippen LogP contribution < -0.4 is 5.56 Å². The van der Waals surface area contributed by atoms with Crippen molar-refractivity contribution >= 4 is 0 Å². The van der Waals surface area contributed by atoms with E-state index < -0.39 is 0 Å². The predicted octanol–water partition coefficient (Wildman–Crippen LogP) is 0.375. The van der Waals surface area contributed by atoms with Crippen LogP contribution in [-0.4, -0.2) is 44.8 Å². The molecule has 0 amide bonds. The summed E-state index contributed by atoms with van der Waals surface area (Å²) in [6, 6.07) is 3.44. The Morgan fingerprint density at radius 2 is 2.45 bits per heavy atom. The van der Waals surface area contributed by atoms with Crippen LogP contribution in [0.5, 0.6) is 0 Å². The lowest BCUT2D eigenvalue weighted by molar-refractivity contribution is -0.0377. The maximum Gasteiger partial charge on any atom is 0.251 e. The van der Waals surface area contributed by atoms with Crippen LogP contribution in [0.1, 0.15) is 23.3 Å². The first kappa shape index (κ1) is 13.0. The number of hydrogen-bond donors (Lipinski definition) is 2. The predicted molar refractivity (Wildman–Crippen MR) is 72.2 cm³/mol. The third-order valence-corrected chi connectivity index (χ3v) is 3.30. The number of morpholine rings is 1. The molecule has 1 fully saturated rings. The highest BCUT2D eigenvalue weighted by molar-refractivity contribution is 5.04. The Bertz CT molecular complexity index is 622. The Kier molecular flexibility index (Phi) is 3.62. The topological polar surface area (TPSA) is 86.9 Å². The van der Waals surface area contributed by atoms with E-state index in [1.165, 1.54) is 6.07 Å². The van der Waals surface area contributed by atoms with Gasteiger partial charge in [0.25, 0.3) is 5.56 Å². The Labute approximate surface area is 116 Å². The van der Waals surface area contributed by atoms with Crippen molar-refractivity contribution in [3.63, 3.8) is 0 Å². The molecule has 0 radical (unpaired) electrons. The molecule has 0 saturated carbocycles. The number of ether oxygens (including phenoxy) is 1. The van der Waals surface area contributed by atoms with Gasteiger partial charge in [-0.25, -0.2) is 4.98 Å². The van der Waals surface area contributed by atoms with E-state index in [1.807, 2.05) is 13.0 Å². The molecule has 0 aromatic carbocycles. The molecule has 1 saturated heterocycles. The smallest absolute Gasteiger partial charge is 0.251 e. The second-order valence-electron chi connectivity index (χ2n) is 4.95. The van der Waals surface area contributed by atoms with E-state index in [9.17, 15) is 4.79 Å². The molecule has 2 N–H and O–H groups in total. The molecule has 3 heterocycles. The Balaban J connectivity index is 1.72. The molecule has 20 heavy (non-hydrogen) atoms. The zero-order chi connectivity index (χ0) is 13.9. The van der Waals surface area contributed by atoms with Gasteiger partial charge in [0.2, 0.25) is 0 Å². The zero-order valence-corrected chi connectivity index (χ0v) is 11.3. The van der Waals surface area contributed by atoms with E-state index in [0.29, 0.717) is 24.7 Å². The molecule has 7 heteroatoms. The minimum atomic E-state index is -0.195. The molecule has 106 valence electrons. The minimum Gasteiger partial charge on any atom is -0.368 e. The molecule has 2 aromatic rings. The van der Waals surface area contributed by atoms with Gasteiger partial charge < -0.3 is 9.72 Å². The van der Waals surface area contributed by atoms with Gasteiger partial charge >= 0.3 is 0 Å². The SMILES string of the molecule is Cc1cc(=O)[nH]c([C@@H]2CN(Cc3ccn[nH]3)CCO2)n1. The second kappa shape index (κ2) is 5.56. The van der Waals surface area contributed by atoms with Gasteiger partial charge in [-0.05, 0) is 13.0 Å². The van der Waals surface area contributed by atoms with Gasteiger partial charge in [0.1, 0.15) is 11.9 Å². The normalized spacial score (nSPS) is 20.1. The number of aromatic nitrogens is 4. The number of hydrogen-bond acceptors (Lipinski definition) is 5. The number of nitrogens with one attached hydrogen (secondary N) is 2. The van der Waals surface area contributed by atoms with Crippen LogP contribution in [0, 0.1) is 6.92 Å². The summed E-state index contributed by atoms with van der Waals surface area (Å²) in [6.45, 7) is 4.77. The van der Waals surface area contributed by atoms with E-state index in [1.54, 1.807) is 6.20 Å². The highest BCUT2D eigenvalue weighted by atomic mass is 16.5. The summed E-state index contributed by atoms with van der Waals surface area (Å²) in [5, 5.41) is 6.90. The summed E-state index contributed by atoms with van der Waals surface area (Å²) in [5.74, 6) is 0.601. The van der Waals surface area contributed by atoms with Crippen LogP contribution >= 0.6 is 0 Å². The summed E-state index contributed by atoms with van der Waals surface area (Å²) in [7, 11) is 0. The average Bonchev–Trinajstić information content (AvgIpc) is 2.91. The molecule has 1 atom stereocenters. The van der Waals surface area contributed by atoms with Gasteiger partial charge in [0, 0.05) is 43.3 Å². The maximum absolute atomic E-state index is 11.5. The van der Waals surface area contributed by atoms with Crippen molar-refractivity contribution in [1.82, 2.24) is 25.1 Å². The van der Waals surface area contributed by atoms with Gasteiger partial charge in [-0.1, -0.05) is 0 Å². The van der Waals surface area contributed by atoms with E-state index in [4.69, 9.17) is 4.74 Å². The molecular weight excluding hydrogens is 258 g/mol. The first-order chi connectivity index (χ1) is 9.70. The molecule has 7 nitrogen and oxygen atoms in total. The fraction of sp³-hybridized carbons (Fsp3) is 0.462. The van der Waals surface area contributed by atoms with E-state index >= 15 is 0 Å². The first-order valence-corrected chi connectivity index (χ1v) is 6.61. The van der Waals surface area contributed by atoms with Gasteiger partial charge in [0.05, 0.1) is 6.61 Å².